The molecule has 0 bridgehead atoms. The van der Waals surface area contributed by atoms with Crippen LogP contribution >= 0.6 is 11.6 Å². The number of ketones is 1. The van der Waals surface area contributed by atoms with Crippen molar-refractivity contribution in [1.82, 2.24) is 0 Å². The van der Waals surface area contributed by atoms with Crippen molar-refractivity contribution in [3.8, 4) is 0 Å². The Morgan fingerprint density at radius 3 is 0.883 bits per heavy atom. The van der Waals surface area contributed by atoms with Crippen molar-refractivity contribution in [1.29, 1.82) is 0 Å². The molecule has 2 nitrogen and oxygen atoms in total. The van der Waals surface area contributed by atoms with Gasteiger partial charge in [-0.3, -0.25) is 4.79 Å². The van der Waals surface area contributed by atoms with Gasteiger partial charge in [0.15, 0.2) is 0 Å². The number of rotatable bonds is 7. The number of nitrogens with zero attached hydrogens (tertiary/aromatic N) is 1. The molecule has 0 atom stereocenters. The summed E-state index contributed by atoms with van der Waals surface area (Å²) >= 11 is 6.25. The van der Waals surface area contributed by atoms with Gasteiger partial charge in [0.2, 0.25) is 17.8 Å². The van der Waals surface area contributed by atoms with Crippen molar-refractivity contribution in [2.24, 2.45) is 0 Å². The molecule has 0 spiro atoms. The molecule has 0 saturated carbocycles. The normalized spacial score (nSPS) is 13.4. The van der Waals surface area contributed by atoms with Gasteiger partial charge < -0.3 is 0 Å². The Labute approximate surface area is 421 Å². The largest absolute Gasteiger partial charge is 0.416 e. The smallest absolute Gasteiger partial charge is 0.287 e. The maximum absolute atomic E-state index is 14.2. The summed E-state index contributed by atoms with van der Waals surface area (Å²) in [5.41, 5.74) is -28.5. The van der Waals surface area contributed by atoms with Crippen LogP contribution in [0.1, 0.15) is 54.9 Å². The number of halogens is 25. The van der Waals surface area contributed by atoms with Crippen LogP contribution in [0.4, 0.5) is 105 Å². The van der Waals surface area contributed by atoms with E-state index in [-0.39, 0.29) is 12.3 Å². The lowest BCUT2D eigenvalue weighted by Crippen LogP contribution is -2.75. The Morgan fingerprint density at radius 2 is 0.610 bits per heavy atom. The lowest BCUT2D eigenvalue weighted by atomic mass is 9.12. The molecule has 0 aliphatic heterocycles. The molecular formula is C49H25BClF24NO. The Balaban J connectivity index is 0.000000397. The number of Topliss-reactive ketones (excluding diaryl/α,β-unsaturated/α-hetero) is 1. The molecule has 0 N–H and O–H groups in total. The van der Waals surface area contributed by atoms with Gasteiger partial charge in [0.05, 0.1) is 44.5 Å². The Morgan fingerprint density at radius 1 is 0.351 bits per heavy atom. The van der Waals surface area contributed by atoms with Crippen molar-refractivity contribution < 1.29 is 115 Å². The topological polar surface area (TPSA) is 20.9 Å². The van der Waals surface area contributed by atoms with E-state index < -0.39 is 195 Å². The first-order valence-corrected chi connectivity index (χ1v) is 21.4. The molecule has 28 heteroatoms. The molecule has 0 saturated heterocycles. The molecule has 0 fully saturated rings. The van der Waals surface area contributed by atoms with Gasteiger partial charge in [0, 0.05) is 23.1 Å². The highest BCUT2D eigenvalue weighted by atomic mass is 35.5. The van der Waals surface area contributed by atoms with Crippen LogP contribution in [0.2, 0.25) is 5.15 Å². The van der Waals surface area contributed by atoms with E-state index in [1.54, 1.807) is 0 Å². The first-order valence-electron chi connectivity index (χ1n) is 21.0. The molecule has 410 valence electrons. The van der Waals surface area contributed by atoms with Crippen LogP contribution in [0.25, 0.3) is 10.9 Å². The van der Waals surface area contributed by atoms with Crippen LogP contribution in [0.3, 0.4) is 0 Å². The third-order valence-electron chi connectivity index (χ3n) is 11.7. The van der Waals surface area contributed by atoms with Gasteiger partial charge >= 0.3 is 49.4 Å². The van der Waals surface area contributed by atoms with E-state index in [1.807, 2.05) is 71.3 Å². The highest BCUT2D eigenvalue weighted by Gasteiger charge is 2.47. The minimum atomic E-state index is -6.13. The molecule has 6 aromatic carbocycles. The fourth-order valence-corrected chi connectivity index (χ4v) is 8.54. The predicted molar refractivity (Wildman–Crippen MR) is 230 cm³/mol. The van der Waals surface area contributed by atoms with E-state index in [0.29, 0.717) is 10.7 Å². The fourth-order valence-electron chi connectivity index (χ4n) is 8.33. The van der Waals surface area contributed by atoms with Crippen molar-refractivity contribution in [3.63, 3.8) is 0 Å². The van der Waals surface area contributed by atoms with Crippen molar-refractivity contribution >= 4 is 56.3 Å². The summed E-state index contributed by atoms with van der Waals surface area (Å²) in [6.45, 7) is 0.240. The number of para-hydroxylation sites is 1. The fraction of sp³-hybridized carbons (Fsp3) is 0.184. The highest BCUT2D eigenvalue weighted by Crippen LogP contribution is 2.41. The molecule has 77 heavy (non-hydrogen) atoms. The summed E-state index contributed by atoms with van der Waals surface area (Å²) in [7, 11) is 0. The molecule has 0 unspecified atom stereocenters. The highest BCUT2D eigenvalue weighted by molar-refractivity contribution is 7.20. The number of carbonyl (C=O) groups excluding carboxylic acids is 1. The predicted octanol–water partition coefficient (Wildman–Crippen LogP) is 14.9. The molecule has 0 aliphatic rings. The third-order valence-corrected chi connectivity index (χ3v) is 12.1. The van der Waals surface area contributed by atoms with Gasteiger partial charge in [-0.2, -0.15) is 132 Å². The number of pyridine rings is 1. The van der Waals surface area contributed by atoms with E-state index in [9.17, 15) is 110 Å². The van der Waals surface area contributed by atoms with Gasteiger partial charge in [0.25, 0.3) is 5.15 Å². The molecule has 7 aromatic rings. The van der Waals surface area contributed by atoms with Crippen LogP contribution < -0.4 is 26.4 Å². The summed E-state index contributed by atoms with van der Waals surface area (Å²) in [6, 6.07) is 12.1. The monoisotopic (exact) mass is 1150 g/mol. The van der Waals surface area contributed by atoms with Crippen LogP contribution in [-0.4, -0.2) is 11.9 Å². The molecule has 1 aromatic heterocycles. The molecule has 1 heterocycles. The molecule has 0 aliphatic carbocycles. The summed E-state index contributed by atoms with van der Waals surface area (Å²) < 4.78 is 343. The zero-order valence-electron chi connectivity index (χ0n) is 37.4. The Bertz CT molecular complexity index is 2870. The second-order valence-corrected chi connectivity index (χ2v) is 17.2. The lowest BCUT2D eigenvalue weighted by molar-refractivity contribution is -0.654. The Kier molecular flexibility index (Phi) is 15.8. The van der Waals surface area contributed by atoms with Crippen molar-refractivity contribution in [2.45, 2.75) is 56.0 Å². The first-order chi connectivity index (χ1) is 35.0. The minimum Gasteiger partial charge on any atom is -0.287 e. The number of hydrogen-bond donors (Lipinski definition) is 0. The second-order valence-electron chi connectivity index (χ2n) is 16.8. The summed E-state index contributed by atoms with van der Waals surface area (Å²) in [5, 5.41) is 1.63. The number of benzene rings is 6. The summed E-state index contributed by atoms with van der Waals surface area (Å²) in [5.74, 6) is 0.0499. The number of carbonyl (C=O) groups is 1. The lowest BCUT2D eigenvalue weighted by Gasteiger charge is -2.46. The number of aromatic nitrogens is 1. The Hall–Kier alpha value is -6.93. The van der Waals surface area contributed by atoms with E-state index in [1.165, 1.54) is 0 Å². The third kappa shape index (κ3) is 13.3. The van der Waals surface area contributed by atoms with E-state index >= 15 is 0 Å². The molecular weight excluding hydrogens is 1120 g/mol. The average Bonchev–Trinajstić information content (AvgIpc) is 3.30. The minimum absolute atomic E-state index is 0.0499. The van der Waals surface area contributed by atoms with Crippen LogP contribution in [0, 0.1) is 0 Å². The standard InChI is InChI=1S/C32H12BF24.C17H13ClNO/c34-25(35,36)13-1-14(26(37,38)39)6-21(5-13)33(22-7-15(27(40,41)42)2-16(8-22)28(43,44)45,23-9-17(29(46,47)48)3-18(10-23)30(49,50)51)24-11-19(31(52,53)54)4-20(12-24)32(55,56)57;18-17-11-10-13-6-4-5-9-15(13)19(17)12-16(20)14-7-2-1-3-8-14/h1-12H;1-11H,12H2/q-1;+1. The second kappa shape index (κ2) is 20.5. The van der Waals surface area contributed by atoms with Gasteiger partial charge in [0.1, 0.15) is 6.15 Å². The summed E-state index contributed by atoms with van der Waals surface area (Å²) in [6.07, 6.45) is -54.8. The molecule has 0 amide bonds. The van der Waals surface area contributed by atoms with Crippen LogP contribution in [-0.2, 0) is 56.0 Å². The zero-order valence-corrected chi connectivity index (χ0v) is 38.1. The average molecular weight is 1150 g/mol. The van der Waals surface area contributed by atoms with E-state index in [0.717, 1.165) is 10.9 Å². The number of hydrogen-bond acceptors (Lipinski definition) is 1. The maximum atomic E-state index is 14.2. The molecule has 0 radical (unpaired) electrons. The summed E-state index contributed by atoms with van der Waals surface area (Å²) in [4.78, 5) is 12.3. The SMILES string of the molecule is FC(F)(F)c1cc([B-](c2cc(C(F)(F)F)cc(C(F)(F)F)c2)(c2cc(C(F)(F)F)cc(C(F)(F)F)c2)c2cc(C(F)(F)F)cc(C(F)(F)F)c2)cc(C(F)(F)F)c1.O=C(C[n+]1c(Cl)ccc2ccccc21)c1ccccc1. The maximum Gasteiger partial charge on any atom is 0.416 e. The zero-order chi connectivity index (χ0) is 57.9. The van der Waals surface area contributed by atoms with Crippen molar-refractivity contribution in [3.05, 3.63) is 195 Å². The van der Waals surface area contributed by atoms with Crippen molar-refractivity contribution in [2.75, 3.05) is 0 Å². The quantitative estimate of drug-likeness (QED) is 0.0512. The van der Waals surface area contributed by atoms with Gasteiger partial charge in [-0.25, -0.2) is 0 Å². The van der Waals surface area contributed by atoms with E-state index in [4.69, 9.17) is 11.6 Å². The number of alkyl halides is 24. The first kappa shape index (κ1) is 59.3. The van der Waals surface area contributed by atoms with Gasteiger partial charge in [-0.05, 0) is 48.0 Å². The van der Waals surface area contributed by atoms with Gasteiger partial charge in [-0.15, -0.1) is 0 Å². The van der Waals surface area contributed by atoms with Crippen LogP contribution in [0.5, 0.6) is 0 Å². The van der Waals surface area contributed by atoms with Crippen LogP contribution in [0.15, 0.2) is 140 Å². The van der Waals surface area contributed by atoms with E-state index in [2.05, 4.69) is 0 Å². The molecule has 7 rings (SSSR count). The number of fused-ring (bicyclic) bond motifs is 1. The van der Waals surface area contributed by atoms with Gasteiger partial charge in [-0.1, -0.05) is 91.0 Å².